The molecule has 1 unspecified atom stereocenters. The number of hydrogen-bond acceptors (Lipinski definition) is 8. The van der Waals surface area contributed by atoms with Gasteiger partial charge in [-0.2, -0.15) is 4.68 Å². The zero-order valence-corrected chi connectivity index (χ0v) is 21.1. The standard InChI is InChI=1S/C27H31N7O3/c1-19-20(4-6-22-23(19)15-37-26(22)36)8-13-32-11-2-9-27(16-32)10-3-12-33(17-27)25(35)21-5-7-24(28-14-21)34-18-29-30-31-34/h4-7,14,18H,2-3,8-13,15-17H2,1H3. The molecule has 1 atom stereocenters. The fourth-order valence-electron chi connectivity index (χ4n) is 6.26. The molecule has 1 aromatic carbocycles. The van der Waals surface area contributed by atoms with Crippen molar-refractivity contribution in [2.45, 2.75) is 45.6 Å². The molecule has 2 fully saturated rings. The first-order chi connectivity index (χ1) is 18.0. The average Bonchev–Trinajstić information content (AvgIpc) is 3.59. The molecule has 2 aromatic heterocycles. The van der Waals surface area contributed by atoms with Crippen LogP contribution in [0.25, 0.3) is 5.82 Å². The van der Waals surface area contributed by atoms with Crippen LogP contribution < -0.4 is 0 Å². The van der Waals surface area contributed by atoms with Crippen molar-refractivity contribution in [2.24, 2.45) is 5.41 Å². The summed E-state index contributed by atoms with van der Waals surface area (Å²) in [5, 5.41) is 11.1. The van der Waals surface area contributed by atoms with Gasteiger partial charge in [-0.15, -0.1) is 5.10 Å². The molecule has 10 nitrogen and oxygen atoms in total. The smallest absolute Gasteiger partial charge is 0.338 e. The van der Waals surface area contributed by atoms with Gasteiger partial charge in [0, 0.05) is 43.4 Å². The minimum atomic E-state index is -0.210. The molecule has 0 aliphatic carbocycles. The number of carbonyl (C=O) groups excluding carboxylic acids is 2. The molecule has 37 heavy (non-hydrogen) atoms. The zero-order valence-electron chi connectivity index (χ0n) is 21.1. The lowest BCUT2D eigenvalue weighted by atomic mass is 9.73. The molecule has 0 radical (unpaired) electrons. The molecule has 1 amide bonds. The Morgan fingerprint density at radius 3 is 2.76 bits per heavy atom. The van der Waals surface area contributed by atoms with Gasteiger partial charge in [-0.3, -0.25) is 4.79 Å². The Hall–Kier alpha value is -3.66. The molecule has 0 N–H and O–H groups in total. The fourth-order valence-corrected chi connectivity index (χ4v) is 6.26. The first kappa shape index (κ1) is 23.7. The third-order valence-electron chi connectivity index (χ3n) is 8.24. The van der Waals surface area contributed by atoms with Crippen molar-refractivity contribution >= 4 is 11.9 Å². The molecule has 5 heterocycles. The number of benzene rings is 1. The summed E-state index contributed by atoms with van der Waals surface area (Å²) in [7, 11) is 0. The van der Waals surface area contributed by atoms with Crippen molar-refractivity contribution in [2.75, 3.05) is 32.7 Å². The Kier molecular flexibility index (Phi) is 6.19. The van der Waals surface area contributed by atoms with Crippen LogP contribution in [-0.2, 0) is 17.8 Å². The lowest BCUT2D eigenvalue weighted by Crippen LogP contribution is -2.53. The van der Waals surface area contributed by atoms with E-state index in [-0.39, 0.29) is 17.3 Å². The van der Waals surface area contributed by atoms with Gasteiger partial charge in [-0.05, 0) is 85.3 Å². The van der Waals surface area contributed by atoms with Gasteiger partial charge < -0.3 is 14.5 Å². The molecule has 3 aromatic rings. The monoisotopic (exact) mass is 501 g/mol. The maximum Gasteiger partial charge on any atom is 0.338 e. The largest absolute Gasteiger partial charge is 0.457 e. The van der Waals surface area contributed by atoms with Crippen LogP contribution in [0.15, 0.2) is 36.8 Å². The summed E-state index contributed by atoms with van der Waals surface area (Å²) < 4.78 is 6.69. The number of aromatic nitrogens is 5. The number of pyridine rings is 1. The Labute approximate surface area is 215 Å². The highest BCUT2D eigenvalue weighted by molar-refractivity contribution is 5.94. The summed E-state index contributed by atoms with van der Waals surface area (Å²) in [5.41, 5.74) is 4.96. The van der Waals surface area contributed by atoms with E-state index in [1.807, 2.05) is 11.0 Å². The van der Waals surface area contributed by atoms with E-state index in [2.05, 4.69) is 38.4 Å². The van der Waals surface area contributed by atoms with Gasteiger partial charge >= 0.3 is 5.97 Å². The van der Waals surface area contributed by atoms with Crippen LogP contribution in [0, 0.1) is 12.3 Å². The van der Waals surface area contributed by atoms with Crippen molar-refractivity contribution in [3.8, 4) is 5.82 Å². The average molecular weight is 502 g/mol. The molecule has 0 saturated carbocycles. The molecule has 10 heteroatoms. The van der Waals surface area contributed by atoms with Gasteiger partial charge in [-0.1, -0.05) is 6.07 Å². The van der Waals surface area contributed by atoms with Crippen LogP contribution in [-0.4, -0.2) is 79.6 Å². The minimum absolute atomic E-state index is 0.0393. The number of rotatable bonds is 5. The number of ether oxygens (including phenoxy) is 1. The summed E-state index contributed by atoms with van der Waals surface area (Å²) in [4.78, 5) is 34.2. The molecule has 0 bridgehead atoms. The van der Waals surface area contributed by atoms with Crippen LogP contribution in [0.5, 0.6) is 0 Å². The number of tetrazole rings is 1. The summed E-state index contributed by atoms with van der Waals surface area (Å²) in [5.74, 6) is 0.410. The maximum atomic E-state index is 13.4. The molecule has 3 aliphatic rings. The lowest BCUT2D eigenvalue weighted by molar-refractivity contribution is 0.0140. The van der Waals surface area contributed by atoms with E-state index in [0.717, 1.165) is 70.4 Å². The van der Waals surface area contributed by atoms with E-state index in [9.17, 15) is 9.59 Å². The van der Waals surface area contributed by atoms with Crippen LogP contribution >= 0.6 is 0 Å². The van der Waals surface area contributed by atoms with Gasteiger partial charge in [0.25, 0.3) is 5.91 Å². The van der Waals surface area contributed by atoms with E-state index in [1.54, 1.807) is 18.3 Å². The molecular formula is C27H31N7O3. The summed E-state index contributed by atoms with van der Waals surface area (Å²) in [6.45, 7) is 7.14. The van der Waals surface area contributed by atoms with E-state index < -0.39 is 0 Å². The summed E-state index contributed by atoms with van der Waals surface area (Å²) in [6.07, 6.45) is 8.52. The number of cyclic esters (lactones) is 1. The highest BCUT2D eigenvalue weighted by Gasteiger charge is 2.40. The number of carbonyl (C=O) groups is 2. The molecule has 1 spiro atoms. The normalized spacial score (nSPS) is 21.8. The zero-order chi connectivity index (χ0) is 25.4. The van der Waals surface area contributed by atoms with Crippen molar-refractivity contribution in [1.29, 1.82) is 0 Å². The van der Waals surface area contributed by atoms with Crippen LogP contribution in [0.1, 0.15) is 63.1 Å². The number of amides is 1. The third-order valence-corrected chi connectivity index (χ3v) is 8.24. The molecule has 192 valence electrons. The lowest BCUT2D eigenvalue weighted by Gasteiger charge is -2.48. The first-order valence-electron chi connectivity index (χ1n) is 13.0. The Morgan fingerprint density at radius 2 is 1.97 bits per heavy atom. The van der Waals surface area contributed by atoms with Crippen molar-refractivity contribution < 1.29 is 14.3 Å². The first-order valence-corrected chi connectivity index (χ1v) is 13.0. The number of fused-ring (bicyclic) bond motifs is 1. The van der Waals surface area contributed by atoms with Crippen LogP contribution in [0.4, 0.5) is 0 Å². The molecular weight excluding hydrogens is 470 g/mol. The fraction of sp³-hybridized carbons (Fsp3) is 0.481. The number of esters is 1. The van der Waals surface area contributed by atoms with Gasteiger partial charge in [0.2, 0.25) is 0 Å². The maximum absolute atomic E-state index is 13.4. The Morgan fingerprint density at radius 1 is 1.11 bits per heavy atom. The SMILES string of the molecule is Cc1c(CCN2CCCC3(CCCN(C(=O)c4ccc(-n5cnnn5)nc4)C3)C2)ccc2c1COC2=O. The predicted molar refractivity (Wildman–Crippen MR) is 134 cm³/mol. The molecule has 2 saturated heterocycles. The quantitative estimate of drug-likeness (QED) is 0.491. The highest BCUT2D eigenvalue weighted by Crippen LogP contribution is 2.39. The van der Waals surface area contributed by atoms with Gasteiger partial charge in [0.1, 0.15) is 12.9 Å². The van der Waals surface area contributed by atoms with Crippen molar-refractivity contribution in [3.05, 3.63) is 64.6 Å². The number of hydrogen-bond donors (Lipinski definition) is 0. The number of likely N-dealkylation sites (tertiary alicyclic amines) is 2. The number of piperidine rings is 2. The predicted octanol–water partition coefficient (Wildman–Crippen LogP) is 2.60. The number of nitrogens with zero attached hydrogens (tertiary/aromatic N) is 7. The Bertz CT molecular complexity index is 1300. The molecule has 6 rings (SSSR count). The van der Waals surface area contributed by atoms with E-state index in [4.69, 9.17) is 4.74 Å². The topological polar surface area (TPSA) is 106 Å². The summed E-state index contributed by atoms with van der Waals surface area (Å²) >= 11 is 0. The van der Waals surface area contributed by atoms with Gasteiger partial charge in [-0.25, -0.2) is 9.78 Å². The second kappa shape index (κ2) is 9.66. The van der Waals surface area contributed by atoms with E-state index in [1.165, 1.54) is 22.1 Å². The second-order valence-corrected chi connectivity index (χ2v) is 10.6. The minimum Gasteiger partial charge on any atom is -0.457 e. The van der Waals surface area contributed by atoms with Crippen molar-refractivity contribution in [1.82, 2.24) is 35.0 Å². The highest BCUT2D eigenvalue weighted by atomic mass is 16.5. The van der Waals surface area contributed by atoms with Gasteiger partial charge in [0.05, 0.1) is 11.1 Å². The second-order valence-electron chi connectivity index (χ2n) is 10.6. The van der Waals surface area contributed by atoms with E-state index >= 15 is 0 Å². The van der Waals surface area contributed by atoms with Crippen molar-refractivity contribution in [3.63, 3.8) is 0 Å². The van der Waals surface area contributed by atoms with E-state index in [0.29, 0.717) is 23.6 Å². The third kappa shape index (κ3) is 4.61. The summed E-state index contributed by atoms with van der Waals surface area (Å²) in [6, 6.07) is 7.58. The van der Waals surface area contributed by atoms with Crippen LogP contribution in [0.2, 0.25) is 0 Å². The Balaban J connectivity index is 1.10. The van der Waals surface area contributed by atoms with Gasteiger partial charge in [0.15, 0.2) is 5.82 Å². The van der Waals surface area contributed by atoms with Crippen LogP contribution in [0.3, 0.4) is 0 Å². The molecule has 3 aliphatic heterocycles.